The fourth-order valence-corrected chi connectivity index (χ4v) is 2.69. The average molecular weight is 302 g/mol. The number of aryl methyl sites for hydroxylation is 2. The highest BCUT2D eigenvalue weighted by atomic mass is 79.9. The predicted molar refractivity (Wildman–Crippen MR) is 76.5 cm³/mol. The molecule has 0 aliphatic carbocycles. The van der Waals surface area contributed by atoms with Crippen molar-refractivity contribution in [1.29, 1.82) is 0 Å². The Hall–Kier alpha value is -1.61. The molecule has 3 heteroatoms. The van der Waals surface area contributed by atoms with Gasteiger partial charge in [-0.05, 0) is 49.2 Å². The maximum Gasteiger partial charge on any atom is 0.263 e. The number of allylic oxidation sites excluding steroid dienone is 1. The Morgan fingerprint density at radius 1 is 1.11 bits per heavy atom. The second kappa shape index (κ2) is 3.95. The van der Waals surface area contributed by atoms with Gasteiger partial charge in [-0.25, -0.2) is 0 Å². The number of fused-ring (bicyclic) bond motifs is 1. The van der Waals surface area contributed by atoms with Crippen molar-refractivity contribution in [2.24, 2.45) is 0 Å². The predicted octanol–water partition coefficient (Wildman–Crippen LogP) is 4.06. The van der Waals surface area contributed by atoms with E-state index in [0.29, 0.717) is 0 Å². The summed E-state index contributed by atoms with van der Waals surface area (Å²) in [7, 11) is 0. The van der Waals surface area contributed by atoms with Gasteiger partial charge in [0.15, 0.2) is 0 Å². The summed E-state index contributed by atoms with van der Waals surface area (Å²) in [5.74, 6) is 0.0675. The topological polar surface area (TPSA) is 22.0 Å². The van der Waals surface area contributed by atoms with Crippen LogP contribution in [0, 0.1) is 13.8 Å². The van der Waals surface area contributed by atoms with E-state index >= 15 is 0 Å². The first kappa shape index (κ1) is 11.5. The smallest absolute Gasteiger partial charge is 0.263 e. The van der Waals surface area contributed by atoms with Gasteiger partial charge in [-0.2, -0.15) is 0 Å². The minimum atomic E-state index is 0.0675. The van der Waals surface area contributed by atoms with E-state index in [1.807, 2.05) is 50.3 Å². The van der Waals surface area contributed by atoms with Gasteiger partial charge in [-0.1, -0.05) is 28.1 Å². The molecule has 1 aliphatic rings. The van der Waals surface area contributed by atoms with E-state index in [4.69, 9.17) is 0 Å². The molecule has 0 fully saturated rings. The van der Waals surface area contributed by atoms with Crippen molar-refractivity contribution in [3.05, 3.63) is 57.3 Å². The van der Waals surface area contributed by atoms with Crippen LogP contribution in [0.15, 0.2) is 34.8 Å². The number of carbonyl (C=O) groups is 1. The lowest BCUT2D eigenvalue weighted by atomic mass is 10.1. The second-order valence-corrected chi connectivity index (χ2v) is 5.48. The third-order valence-corrected chi connectivity index (χ3v) is 3.82. The standard InChI is InChI=1S/C15H12BrNO/c1-9-7-10(2)17-14(9)8-13(15(17)18)11-3-5-12(16)6-4-11/h3-8H,1-2H3. The largest absolute Gasteiger partial charge is 0.281 e. The molecule has 2 aromatic rings. The molecule has 0 spiro atoms. The van der Waals surface area contributed by atoms with Crippen molar-refractivity contribution in [2.45, 2.75) is 13.8 Å². The van der Waals surface area contributed by atoms with E-state index in [0.717, 1.165) is 32.6 Å². The molecule has 0 saturated heterocycles. The zero-order valence-corrected chi connectivity index (χ0v) is 11.8. The van der Waals surface area contributed by atoms with E-state index in [9.17, 15) is 4.79 Å². The van der Waals surface area contributed by atoms with Crippen LogP contribution < -0.4 is 0 Å². The summed E-state index contributed by atoms with van der Waals surface area (Å²) in [4.78, 5) is 12.4. The Morgan fingerprint density at radius 2 is 1.78 bits per heavy atom. The molecule has 3 rings (SSSR count). The zero-order valence-electron chi connectivity index (χ0n) is 10.2. The van der Waals surface area contributed by atoms with Crippen molar-refractivity contribution >= 4 is 33.5 Å². The summed E-state index contributed by atoms with van der Waals surface area (Å²) in [5, 5.41) is 0. The lowest BCUT2D eigenvalue weighted by Crippen LogP contribution is -2.09. The maximum atomic E-state index is 12.4. The molecule has 0 atom stereocenters. The molecule has 1 aliphatic heterocycles. The normalized spacial score (nSPS) is 13.7. The summed E-state index contributed by atoms with van der Waals surface area (Å²) < 4.78 is 2.80. The molecule has 0 unspecified atom stereocenters. The Labute approximate surface area is 114 Å². The SMILES string of the molecule is Cc1cc(C)n2c1C=C(c1ccc(Br)cc1)C2=O. The van der Waals surface area contributed by atoms with Crippen molar-refractivity contribution in [3.63, 3.8) is 0 Å². The summed E-state index contributed by atoms with van der Waals surface area (Å²) >= 11 is 3.40. The van der Waals surface area contributed by atoms with Crippen molar-refractivity contribution in [3.8, 4) is 0 Å². The summed E-state index contributed by atoms with van der Waals surface area (Å²) in [5.41, 5.74) is 4.88. The highest BCUT2D eigenvalue weighted by molar-refractivity contribution is 9.10. The van der Waals surface area contributed by atoms with Gasteiger partial charge in [0.2, 0.25) is 0 Å². The van der Waals surface area contributed by atoms with Crippen LogP contribution in [0.2, 0.25) is 0 Å². The van der Waals surface area contributed by atoms with Crippen LogP contribution in [0.25, 0.3) is 11.6 Å². The number of rotatable bonds is 1. The molecule has 90 valence electrons. The van der Waals surface area contributed by atoms with Gasteiger partial charge >= 0.3 is 0 Å². The molecule has 1 aromatic heterocycles. The van der Waals surface area contributed by atoms with Gasteiger partial charge in [0.25, 0.3) is 5.91 Å². The number of hydrogen-bond donors (Lipinski definition) is 0. The first-order chi connectivity index (χ1) is 8.58. The molecule has 0 amide bonds. The van der Waals surface area contributed by atoms with Crippen LogP contribution in [0.5, 0.6) is 0 Å². The third kappa shape index (κ3) is 1.58. The molecule has 0 N–H and O–H groups in total. The Kier molecular flexibility index (Phi) is 2.52. The van der Waals surface area contributed by atoms with Gasteiger partial charge in [-0.3, -0.25) is 9.36 Å². The fraction of sp³-hybridized carbons (Fsp3) is 0.133. The number of halogens is 1. The van der Waals surface area contributed by atoms with E-state index in [-0.39, 0.29) is 5.91 Å². The first-order valence-electron chi connectivity index (χ1n) is 5.79. The van der Waals surface area contributed by atoms with E-state index < -0.39 is 0 Å². The number of nitrogens with zero attached hydrogens (tertiary/aromatic N) is 1. The van der Waals surface area contributed by atoms with Gasteiger partial charge in [0.05, 0.1) is 5.69 Å². The van der Waals surface area contributed by atoms with Crippen LogP contribution in [0.4, 0.5) is 0 Å². The Bertz CT molecular complexity index is 677. The van der Waals surface area contributed by atoms with Gasteiger partial charge in [0, 0.05) is 15.7 Å². The Morgan fingerprint density at radius 3 is 2.39 bits per heavy atom. The molecule has 2 heterocycles. The minimum absolute atomic E-state index is 0.0675. The van der Waals surface area contributed by atoms with E-state index in [1.54, 1.807) is 4.57 Å². The molecule has 0 radical (unpaired) electrons. The van der Waals surface area contributed by atoms with Crippen LogP contribution in [0.3, 0.4) is 0 Å². The molecule has 1 aromatic carbocycles. The monoisotopic (exact) mass is 301 g/mol. The summed E-state index contributed by atoms with van der Waals surface area (Å²) in [6, 6.07) is 9.88. The summed E-state index contributed by atoms with van der Waals surface area (Å²) in [6.45, 7) is 4.00. The van der Waals surface area contributed by atoms with Crippen molar-refractivity contribution in [2.75, 3.05) is 0 Å². The maximum absolute atomic E-state index is 12.4. The zero-order chi connectivity index (χ0) is 12.9. The minimum Gasteiger partial charge on any atom is -0.281 e. The van der Waals surface area contributed by atoms with Gasteiger partial charge in [-0.15, -0.1) is 0 Å². The number of carbonyl (C=O) groups excluding carboxylic acids is 1. The van der Waals surface area contributed by atoms with Crippen LogP contribution >= 0.6 is 15.9 Å². The van der Waals surface area contributed by atoms with E-state index in [2.05, 4.69) is 15.9 Å². The summed E-state index contributed by atoms with van der Waals surface area (Å²) in [6.07, 6.45) is 1.98. The average Bonchev–Trinajstić information content (AvgIpc) is 2.81. The van der Waals surface area contributed by atoms with Gasteiger partial charge < -0.3 is 0 Å². The van der Waals surface area contributed by atoms with Crippen molar-refractivity contribution < 1.29 is 4.79 Å². The number of hydrogen-bond acceptors (Lipinski definition) is 1. The fourth-order valence-electron chi connectivity index (χ4n) is 2.42. The number of benzene rings is 1. The van der Waals surface area contributed by atoms with Gasteiger partial charge in [0.1, 0.15) is 0 Å². The van der Waals surface area contributed by atoms with E-state index in [1.165, 1.54) is 0 Å². The molecule has 18 heavy (non-hydrogen) atoms. The molecular formula is C15H12BrNO. The highest BCUT2D eigenvalue weighted by Crippen LogP contribution is 2.31. The van der Waals surface area contributed by atoms with Crippen LogP contribution in [-0.4, -0.2) is 10.5 Å². The number of aromatic nitrogens is 1. The molecule has 0 saturated carbocycles. The third-order valence-electron chi connectivity index (χ3n) is 3.29. The molecular weight excluding hydrogens is 290 g/mol. The second-order valence-electron chi connectivity index (χ2n) is 4.56. The van der Waals surface area contributed by atoms with Crippen molar-refractivity contribution in [1.82, 2.24) is 4.57 Å². The lowest BCUT2D eigenvalue weighted by Gasteiger charge is -2.04. The molecule has 0 bridgehead atoms. The highest BCUT2D eigenvalue weighted by Gasteiger charge is 2.25. The first-order valence-corrected chi connectivity index (χ1v) is 6.58. The quantitative estimate of drug-likeness (QED) is 0.778. The lowest BCUT2D eigenvalue weighted by molar-refractivity contribution is 0.0982. The molecule has 2 nitrogen and oxygen atoms in total. The van der Waals surface area contributed by atoms with Crippen LogP contribution in [0.1, 0.15) is 27.3 Å². The Balaban J connectivity index is 2.12. The van der Waals surface area contributed by atoms with Crippen LogP contribution in [-0.2, 0) is 0 Å².